The molecule has 0 atom stereocenters. The number of rotatable bonds is 6. The Bertz CT molecular complexity index is 635. The van der Waals surface area contributed by atoms with Crippen LogP contribution >= 0.6 is 12.2 Å². The van der Waals surface area contributed by atoms with Gasteiger partial charge in [-0.1, -0.05) is 36.5 Å². The highest BCUT2D eigenvalue weighted by Crippen LogP contribution is 2.13. The van der Waals surface area contributed by atoms with Crippen molar-refractivity contribution in [3.8, 4) is 0 Å². The number of nitrogens with two attached hydrogens (primary N) is 1. The summed E-state index contributed by atoms with van der Waals surface area (Å²) >= 11 is 4.85. The van der Waals surface area contributed by atoms with E-state index in [1.54, 1.807) is 38.1 Å². The van der Waals surface area contributed by atoms with Crippen LogP contribution in [-0.2, 0) is 21.1 Å². The Morgan fingerprint density at radius 2 is 1.81 bits per heavy atom. The van der Waals surface area contributed by atoms with Crippen LogP contribution in [0.25, 0.3) is 0 Å². The largest absolute Gasteiger partial charge is 0.389 e. The van der Waals surface area contributed by atoms with E-state index in [0.717, 1.165) is 17.4 Å². The number of thiocarbonyl (C=S) groups is 1. The first-order chi connectivity index (χ1) is 9.53. The van der Waals surface area contributed by atoms with Gasteiger partial charge in [-0.3, -0.25) is 4.79 Å². The van der Waals surface area contributed by atoms with Crippen molar-refractivity contribution in [2.45, 2.75) is 25.0 Å². The van der Waals surface area contributed by atoms with Gasteiger partial charge in [0.1, 0.15) is 4.99 Å². The van der Waals surface area contributed by atoms with Crippen LogP contribution in [-0.4, -0.2) is 36.9 Å². The topological polar surface area (TPSA) is 89.3 Å². The summed E-state index contributed by atoms with van der Waals surface area (Å²) in [5.74, 6) is -0.227. The summed E-state index contributed by atoms with van der Waals surface area (Å²) in [5.41, 5.74) is 7.05. The molecule has 0 aliphatic rings. The van der Waals surface area contributed by atoms with E-state index in [0.29, 0.717) is 4.99 Å². The normalized spacial score (nSPS) is 12.0. The van der Waals surface area contributed by atoms with Crippen LogP contribution in [0.3, 0.4) is 0 Å². The van der Waals surface area contributed by atoms with Crippen LogP contribution in [0, 0.1) is 0 Å². The summed E-state index contributed by atoms with van der Waals surface area (Å²) in [6, 6.07) is 7.06. The van der Waals surface area contributed by atoms with Crippen molar-refractivity contribution in [2.24, 2.45) is 5.73 Å². The second-order valence-electron chi connectivity index (χ2n) is 5.55. The van der Waals surface area contributed by atoms with Crippen molar-refractivity contribution in [1.82, 2.24) is 5.32 Å². The predicted octanol–water partition coefficient (Wildman–Crippen LogP) is 0.803. The van der Waals surface area contributed by atoms with E-state index in [2.05, 4.69) is 5.32 Å². The van der Waals surface area contributed by atoms with Gasteiger partial charge in [0.05, 0.1) is 11.2 Å². The van der Waals surface area contributed by atoms with Crippen LogP contribution < -0.4 is 11.1 Å². The minimum atomic E-state index is -3.23. The van der Waals surface area contributed by atoms with Crippen molar-refractivity contribution in [1.29, 1.82) is 0 Å². The van der Waals surface area contributed by atoms with Crippen molar-refractivity contribution >= 4 is 33.0 Å². The van der Waals surface area contributed by atoms with Gasteiger partial charge in [-0.25, -0.2) is 8.42 Å². The highest BCUT2D eigenvalue weighted by Gasteiger charge is 2.30. The Kier molecular flexibility index (Phi) is 5.47. The summed E-state index contributed by atoms with van der Waals surface area (Å²) in [4.78, 5) is 12.2. The molecule has 3 N–H and O–H groups in total. The molecule has 7 heteroatoms. The fourth-order valence-corrected chi connectivity index (χ4v) is 1.95. The highest BCUT2D eigenvalue weighted by molar-refractivity contribution is 7.92. The maximum atomic E-state index is 11.8. The second-order valence-corrected chi connectivity index (χ2v) is 8.64. The highest BCUT2D eigenvalue weighted by atomic mass is 32.2. The lowest BCUT2D eigenvalue weighted by Gasteiger charge is -2.22. The first kappa shape index (κ1) is 17.6. The molecule has 0 saturated carbocycles. The van der Waals surface area contributed by atoms with E-state index < -0.39 is 14.6 Å². The number of benzene rings is 1. The lowest BCUT2D eigenvalue weighted by molar-refractivity contribution is -0.120. The van der Waals surface area contributed by atoms with Gasteiger partial charge in [-0.05, 0) is 19.4 Å². The van der Waals surface area contributed by atoms with Crippen molar-refractivity contribution in [3.63, 3.8) is 0 Å². The first-order valence-corrected chi connectivity index (χ1v) is 8.68. The number of carbonyl (C=O) groups is 1. The number of hydrogen-bond donors (Lipinski definition) is 2. The molecule has 1 aromatic carbocycles. The van der Waals surface area contributed by atoms with Crippen molar-refractivity contribution in [2.75, 3.05) is 12.8 Å². The molecule has 0 aliphatic carbocycles. The van der Waals surface area contributed by atoms with Crippen LogP contribution in [0.1, 0.15) is 25.0 Å². The SMILES string of the molecule is CC(C)(CNC(=O)Cc1ccc(C(N)=S)cc1)S(C)(=O)=O. The number of nitrogens with one attached hydrogen (secondary N) is 1. The summed E-state index contributed by atoms with van der Waals surface area (Å²) in [5, 5.41) is 2.65. The van der Waals surface area contributed by atoms with Gasteiger partial charge in [0.2, 0.25) is 5.91 Å². The maximum Gasteiger partial charge on any atom is 0.224 e. The minimum Gasteiger partial charge on any atom is -0.389 e. The first-order valence-electron chi connectivity index (χ1n) is 6.38. The standard InChI is InChI=1S/C14H20N2O3S2/c1-14(2,21(3,18)19)9-16-12(17)8-10-4-6-11(7-5-10)13(15)20/h4-7H,8-9H2,1-3H3,(H2,15,20)(H,16,17). The molecule has 0 spiro atoms. The third-order valence-electron chi connectivity index (χ3n) is 3.32. The molecule has 1 amide bonds. The van der Waals surface area contributed by atoms with Gasteiger partial charge in [-0.15, -0.1) is 0 Å². The molecule has 1 rings (SSSR count). The fourth-order valence-electron chi connectivity index (χ4n) is 1.48. The molecule has 0 aromatic heterocycles. The lowest BCUT2D eigenvalue weighted by atomic mass is 10.1. The number of sulfone groups is 1. The van der Waals surface area contributed by atoms with E-state index in [-0.39, 0.29) is 18.9 Å². The van der Waals surface area contributed by atoms with Crippen LogP contribution in [0.15, 0.2) is 24.3 Å². The molecule has 21 heavy (non-hydrogen) atoms. The third-order valence-corrected chi connectivity index (χ3v) is 5.71. The molecule has 1 aromatic rings. The molecular formula is C14H20N2O3S2. The molecule has 0 unspecified atom stereocenters. The molecule has 0 bridgehead atoms. The Labute approximate surface area is 130 Å². The molecular weight excluding hydrogens is 308 g/mol. The summed E-state index contributed by atoms with van der Waals surface area (Å²) < 4.78 is 22.1. The van der Waals surface area contributed by atoms with Gasteiger partial charge < -0.3 is 11.1 Å². The zero-order valence-corrected chi connectivity index (χ0v) is 14.0. The molecule has 0 aliphatic heterocycles. The monoisotopic (exact) mass is 328 g/mol. The molecule has 0 heterocycles. The quantitative estimate of drug-likeness (QED) is 0.754. The number of hydrogen-bond acceptors (Lipinski definition) is 4. The van der Waals surface area contributed by atoms with Crippen molar-refractivity contribution in [3.05, 3.63) is 35.4 Å². The van der Waals surface area contributed by atoms with Gasteiger partial charge in [0.25, 0.3) is 0 Å². The van der Waals surface area contributed by atoms with Crippen LogP contribution in [0.5, 0.6) is 0 Å². The van der Waals surface area contributed by atoms with E-state index in [9.17, 15) is 13.2 Å². The predicted molar refractivity (Wildman–Crippen MR) is 88.0 cm³/mol. The Morgan fingerprint density at radius 1 is 1.29 bits per heavy atom. The summed E-state index contributed by atoms with van der Waals surface area (Å²) in [7, 11) is -3.23. The number of amides is 1. The molecule has 0 saturated heterocycles. The molecule has 116 valence electrons. The van der Waals surface area contributed by atoms with E-state index >= 15 is 0 Å². The van der Waals surface area contributed by atoms with Gasteiger partial charge >= 0.3 is 0 Å². The number of carbonyl (C=O) groups excluding carboxylic acids is 1. The molecule has 0 fully saturated rings. The Hall–Kier alpha value is -1.47. The van der Waals surface area contributed by atoms with Gasteiger partial charge in [0.15, 0.2) is 9.84 Å². The average Bonchev–Trinajstić information content (AvgIpc) is 2.36. The minimum absolute atomic E-state index is 0.0790. The van der Waals surface area contributed by atoms with E-state index in [1.165, 1.54) is 0 Å². The van der Waals surface area contributed by atoms with E-state index in [4.69, 9.17) is 18.0 Å². The van der Waals surface area contributed by atoms with Gasteiger partial charge in [-0.2, -0.15) is 0 Å². The lowest BCUT2D eigenvalue weighted by Crippen LogP contribution is -2.44. The summed E-state index contributed by atoms with van der Waals surface area (Å²) in [6.07, 6.45) is 1.34. The second kappa shape index (κ2) is 6.53. The Morgan fingerprint density at radius 3 is 2.24 bits per heavy atom. The van der Waals surface area contributed by atoms with Crippen molar-refractivity contribution < 1.29 is 13.2 Å². The van der Waals surface area contributed by atoms with E-state index in [1.807, 2.05) is 0 Å². The summed E-state index contributed by atoms with van der Waals surface area (Å²) in [6.45, 7) is 3.24. The third kappa shape index (κ3) is 5.09. The average molecular weight is 328 g/mol. The van der Waals surface area contributed by atoms with Crippen LogP contribution in [0.4, 0.5) is 0 Å². The zero-order chi connectivity index (χ0) is 16.3. The maximum absolute atomic E-state index is 11.8. The molecule has 5 nitrogen and oxygen atoms in total. The smallest absolute Gasteiger partial charge is 0.224 e. The fraction of sp³-hybridized carbons (Fsp3) is 0.429. The molecule has 0 radical (unpaired) electrons. The Balaban J connectivity index is 2.60. The van der Waals surface area contributed by atoms with Gasteiger partial charge in [0, 0.05) is 18.4 Å². The zero-order valence-electron chi connectivity index (χ0n) is 12.3. The van der Waals surface area contributed by atoms with Crippen LogP contribution in [0.2, 0.25) is 0 Å².